The molecule has 2 N–H and O–H groups in total. The normalized spacial score (nSPS) is 14.6. The zero-order valence-electron chi connectivity index (χ0n) is 18.1. The number of rotatable bonds is 5. The zero-order chi connectivity index (χ0) is 25.3. The number of carbonyl (C=O) groups excluding carboxylic acids is 1. The highest BCUT2D eigenvalue weighted by molar-refractivity contribution is 6.37. The SMILES string of the molecule is CCOc1c(Cl)cc(C(=O)Oc2ccc3c(c2)OC(N)=C(C#N)C3c2ccc(F)cc2F)cc1Cl. The van der Waals surface area contributed by atoms with E-state index < -0.39 is 23.5 Å². The number of hydrogen-bond acceptors (Lipinski definition) is 6. The molecule has 1 aliphatic rings. The van der Waals surface area contributed by atoms with Crippen LogP contribution >= 0.6 is 23.2 Å². The number of nitriles is 1. The standard InChI is InChI=1S/C25H16Cl2F2N2O4/c1-2-33-23-18(26)7-12(8-19(23)27)25(32)34-14-4-6-16-21(10-14)35-24(31)17(11-30)22(16)15-5-3-13(28)9-20(15)29/h3-10,22H,2,31H2,1H3. The number of nitrogens with zero attached hydrogens (tertiary/aromatic N) is 1. The van der Waals surface area contributed by atoms with Gasteiger partial charge in [-0.2, -0.15) is 5.26 Å². The molecular weight excluding hydrogens is 501 g/mol. The first-order chi connectivity index (χ1) is 16.7. The minimum absolute atomic E-state index is 0.0357. The van der Waals surface area contributed by atoms with Crippen molar-refractivity contribution >= 4 is 29.2 Å². The third-order valence-electron chi connectivity index (χ3n) is 5.20. The molecule has 10 heteroatoms. The molecule has 1 unspecified atom stereocenters. The highest BCUT2D eigenvalue weighted by Crippen LogP contribution is 2.44. The van der Waals surface area contributed by atoms with Crippen molar-refractivity contribution in [1.82, 2.24) is 0 Å². The van der Waals surface area contributed by atoms with Gasteiger partial charge in [-0.05, 0) is 31.2 Å². The average Bonchev–Trinajstić information content (AvgIpc) is 2.80. The monoisotopic (exact) mass is 516 g/mol. The molecule has 0 fully saturated rings. The lowest BCUT2D eigenvalue weighted by Crippen LogP contribution is -2.22. The fourth-order valence-corrected chi connectivity index (χ4v) is 4.28. The number of nitrogens with two attached hydrogens (primary N) is 1. The van der Waals surface area contributed by atoms with Crippen molar-refractivity contribution in [2.75, 3.05) is 6.61 Å². The lowest BCUT2D eigenvalue weighted by Gasteiger charge is -2.27. The highest BCUT2D eigenvalue weighted by atomic mass is 35.5. The van der Waals surface area contributed by atoms with Crippen molar-refractivity contribution in [2.45, 2.75) is 12.8 Å². The smallest absolute Gasteiger partial charge is 0.343 e. The second-order valence-corrected chi connectivity index (χ2v) is 8.20. The number of hydrogen-bond donors (Lipinski definition) is 1. The van der Waals surface area contributed by atoms with Crippen molar-refractivity contribution in [3.8, 4) is 23.3 Å². The maximum absolute atomic E-state index is 14.6. The molecule has 1 atom stereocenters. The molecule has 0 amide bonds. The first-order valence-electron chi connectivity index (χ1n) is 10.2. The van der Waals surface area contributed by atoms with Gasteiger partial charge in [0.15, 0.2) is 5.75 Å². The van der Waals surface area contributed by atoms with Crippen LogP contribution in [0.5, 0.6) is 17.2 Å². The Morgan fingerprint density at radius 2 is 1.80 bits per heavy atom. The molecule has 0 saturated carbocycles. The Balaban J connectivity index is 1.67. The number of esters is 1. The van der Waals surface area contributed by atoms with Gasteiger partial charge in [0.2, 0.25) is 5.88 Å². The Morgan fingerprint density at radius 1 is 1.11 bits per heavy atom. The molecule has 0 saturated heterocycles. The second kappa shape index (κ2) is 9.82. The number of halogens is 4. The summed E-state index contributed by atoms with van der Waals surface area (Å²) in [6, 6.07) is 12.0. The molecule has 3 aromatic carbocycles. The molecule has 0 aromatic heterocycles. The largest absolute Gasteiger partial charge is 0.491 e. The molecule has 0 aliphatic carbocycles. The van der Waals surface area contributed by atoms with Crippen LogP contribution in [0.1, 0.15) is 34.3 Å². The third-order valence-corrected chi connectivity index (χ3v) is 5.76. The van der Waals surface area contributed by atoms with Crippen LogP contribution in [-0.2, 0) is 0 Å². The van der Waals surface area contributed by atoms with Crippen LogP contribution in [0.2, 0.25) is 10.0 Å². The Kier molecular flexibility index (Phi) is 6.83. The van der Waals surface area contributed by atoms with E-state index in [1.807, 2.05) is 6.07 Å². The number of allylic oxidation sites excluding steroid dienone is 1. The molecule has 0 radical (unpaired) electrons. The predicted molar refractivity (Wildman–Crippen MR) is 125 cm³/mol. The molecule has 0 spiro atoms. The maximum atomic E-state index is 14.6. The fourth-order valence-electron chi connectivity index (χ4n) is 3.68. The van der Waals surface area contributed by atoms with Crippen LogP contribution in [0.15, 0.2) is 60.0 Å². The average molecular weight is 517 g/mol. The van der Waals surface area contributed by atoms with Gasteiger partial charge in [0, 0.05) is 23.3 Å². The summed E-state index contributed by atoms with van der Waals surface area (Å²) in [5.41, 5.74) is 6.39. The van der Waals surface area contributed by atoms with E-state index in [0.29, 0.717) is 12.2 Å². The van der Waals surface area contributed by atoms with Crippen molar-refractivity contribution in [3.05, 3.63) is 98.4 Å². The lowest BCUT2D eigenvalue weighted by molar-refractivity contribution is 0.0734. The molecule has 6 nitrogen and oxygen atoms in total. The van der Waals surface area contributed by atoms with Gasteiger partial charge in [-0.25, -0.2) is 13.6 Å². The van der Waals surface area contributed by atoms with E-state index in [0.717, 1.165) is 12.1 Å². The zero-order valence-corrected chi connectivity index (χ0v) is 19.6. The van der Waals surface area contributed by atoms with E-state index in [4.69, 9.17) is 43.1 Å². The summed E-state index contributed by atoms with van der Waals surface area (Å²) in [4.78, 5) is 12.7. The third kappa shape index (κ3) is 4.74. The van der Waals surface area contributed by atoms with Crippen LogP contribution < -0.4 is 19.9 Å². The topological polar surface area (TPSA) is 94.6 Å². The van der Waals surface area contributed by atoms with Crippen LogP contribution in [0.4, 0.5) is 8.78 Å². The van der Waals surface area contributed by atoms with E-state index >= 15 is 0 Å². The predicted octanol–water partition coefficient (Wildman–Crippen LogP) is 6.11. The molecular formula is C25H16Cl2F2N2O4. The van der Waals surface area contributed by atoms with Crippen LogP contribution in [0.3, 0.4) is 0 Å². The molecule has 35 heavy (non-hydrogen) atoms. The summed E-state index contributed by atoms with van der Waals surface area (Å²) in [6.07, 6.45) is 0. The Hall–Kier alpha value is -3.80. The van der Waals surface area contributed by atoms with Crippen molar-refractivity contribution in [3.63, 3.8) is 0 Å². The van der Waals surface area contributed by atoms with Gasteiger partial charge in [0.1, 0.15) is 34.8 Å². The minimum atomic E-state index is -0.946. The second-order valence-electron chi connectivity index (χ2n) is 7.38. The molecule has 178 valence electrons. The fraction of sp³-hybridized carbons (Fsp3) is 0.120. The van der Waals surface area contributed by atoms with Gasteiger partial charge >= 0.3 is 5.97 Å². The van der Waals surface area contributed by atoms with E-state index in [9.17, 15) is 18.8 Å². The first-order valence-corrected chi connectivity index (χ1v) is 11.0. The van der Waals surface area contributed by atoms with Gasteiger partial charge < -0.3 is 19.9 Å². The minimum Gasteiger partial charge on any atom is -0.491 e. The van der Waals surface area contributed by atoms with E-state index in [1.54, 1.807) is 6.92 Å². The molecule has 1 aliphatic heterocycles. The van der Waals surface area contributed by atoms with E-state index in [-0.39, 0.29) is 49.9 Å². The van der Waals surface area contributed by atoms with Gasteiger partial charge in [-0.1, -0.05) is 35.3 Å². The molecule has 4 rings (SSSR count). The van der Waals surface area contributed by atoms with Crippen molar-refractivity contribution in [1.29, 1.82) is 5.26 Å². The van der Waals surface area contributed by atoms with Gasteiger partial charge in [-0.3, -0.25) is 0 Å². The summed E-state index contributed by atoms with van der Waals surface area (Å²) < 4.78 is 44.4. The summed E-state index contributed by atoms with van der Waals surface area (Å²) in [7, 11) is 0. The van der Waals surface area contributed by atoms with Gasteiger partial charge in [-0.15, -0.1) is 0 Å². The summed E-state index contributed by atoms with van der Waals surface area (Å²) in [6.45, 7) is 2.11. The molecule has 0 bridgehead atoms. The highest BCUT2D eigenvalue weighted by Gasteiger charge is 2.33. The van der Waals surface area contributed by atoms with Gasteiger partial charge in [0.25, 0.3) is 0 Å². The van der Waals surface area contributed by atoms with Crippen LogP contribution in [0, 0.1) is 23.0 Å². The number of benzene rings is 3. The van der Waals surface area contributed by atoms with Crippen LogP contribution in [-0.4, -0.2) is 12.6 Å². The van der Waals surface area contributed by atoms with E-state index in [2.05, 4.69) is 0 Å². The Bertz CT molecular complexity index is 1400. The number of carbonyl (C=O) groups is 1. The summed E-state index contributed by atoms with van der Waals surface area (Å²) in [5, 5.41) is 9.89. The van der Waals surface area contributed by atoms with Crippen molar-refractivity contribution < 1.29 is 27.8 Å². The first kappa shape index (κ1) is 24.3. The number of ether oxygens (including phenoxy) is 3. The molecule has 1 heterocycles. The maximum Gasteiger partial charge on any atom is 0.343 e. The summed E-state index contributed by atoms with van der Waals surface area (Å²) in [5.74, 6) is -3.07. The Labute approximate surface area is 209 Å². The Morgan fingerprint density at radius 3 is 2.43 bits per heavy atom. The van der Waals surface area contributed by atoms with E-state index in [1.165, 1.54) is 36.4 Å². The van der Waals surface area contributed by atoms with Crippen molar-refractivity contribution in [2.24, 2.45) is 5.73 Å². The summed E-state index contributed by atoms with van der Waals surface area (Å²) >= 11 is 12.3. The number of fused-ring (bicyclic) bond motifs is 1. The quantitative estimate of drug-likeness (QED) is 0.324. The van der Waals surface area contributed by atoms with Gasteiger partial charge in [0.05, 0.1) is 28.1 Å². The lowest BCUT2D eigenvalue weighted by atomic mass is 9.83. The van der Waals surface area contributed by atoms with Crippen LogP contribution in [0.25, 0.3) is 0 Å². The molecule has 3 aromatic rings.